The van der Waals surface area contributed by atoms with E-state index in [1.807, 2.05) is 91.9 Å². The fraction of sp³-hybridized carbons (Fsp3) is 0.107. The molecule has 0 bridgehead atoms. The van der Waals surface area contributed by atoms with Crippen molar-refractivity contribution in [3.63, 3.8) is 0 Å². The van der Waals surface area contributed by atoms with Crippen LogP contribution in [0.1, 0.15) is 29.0 Å². The lowest BCUT2D eigenvalue weighted by Crippen LogP contribution is -2.27. The average Bonchev–Trinajstić information content (AvgIpc) is 3.33. The van der Waals surface area contributed by atoms with Crippen LogP contribution < -0.4 is 10.1 Å². The zero-order valence-electron chi connectivity index (χ0n) is 19.3. The van der Waals surface area contributed by atoms with Crippen molar-refractivity contribution >= 4 is 23.2 Å². The summed E-state index contributed by atoms with van der Waals surface area (Å²) >= 11 is 6.06. The maximum atomic E-state index is 13.3. The van der Waals surface area contributed by atoms with Crippen LogP contribution in [-0.4, -0.2) is 27.6 Å². The zero-order valence-corrected chi connectivity index (χ0v) is 20.0. The number of methoxy groups -OCH3 is 1. The predicted octanol–water partition coefficient (Wildman–Crippen LogP) is 6.22. The molecule has 1 atom stereocenters. The van der Waals surface area contributed by atoms with Crippen LogP contribution >= 0.6 is 11.6 Å². The molecule has 2 heterocycles. The van der Waals surface area contributed by atoms with Crippen LogP contribution in [-0.2, 0) is 0 Å². The number of rotatable bonds is 6. The highest BCUT2D eigenvalue weighted by Crippen LogP contribution is 2.32. The molecule has 0 aliphatic carbocycles. The van der Waals surface area contributed by atoms with Gasteiger partial charge in [-0.25, -0.2) is 9.50 Å². The Balaban J connectivity index is 1.62. The number of carbonyl (C=O) groups is 1. The molecule has 0 aliphatic rings. The Morgan fingerprint density at radius 1 is 0.971 bits per heavy atom. The number of hydrogen-bond acceptors (Lipinski definition) is 4. The fourth-order valence-corrected chi connectivity index (χ4v) is 4.12. The summed E-state index contributed by atoms with van der Waals surface area (Å²) in [6, 6.07) is 28.3. The number of nitrogens with one attached hydrogen (secondary N) is 1. The Morgan fingerprint density at radius 2 is 1.69 bits per heavy atom. The number of amides is 1. The van der Waals surface area contributed by atoms with E-state index in [1.54, 1.807) is 17.7 Å². The van der Waals surface area contributed by atoms with Gasteiger partial charge in [-0.3, -0.25) is 4.79 Å². The molecular weight excluding hydrogens is 460 g/mol. The van der Waals surface area contributed by atoms with Gasteiger partial charge in [0.05, 0.1) is 24.5 Å². The van der Waals surface area contributed by atoms with Crippen molar-refractivity contribution in [3.05, 3.63) is 107 Å². The number of fused-ring (bicyclic) bond motifs is 1. The molecule has 0 unspecified atom stereocenters. The van der Waals surface area contributed by atoms with E-state index in [2.05, 4.69) is 10.3 Å². The van der Waals surface area contributed by atoms with E-state index in [1.165, 1.54) is 0 Å². The molecule has 0 saturated heterocycles. The number of para-hydroxylation sites is 1. The SMILES string of the molecule is COc1ccccc1-c1cc(C(=O)N[C@@H](C)c2ccccc2)nc2cc(-c3ccc(Cl)cc3)nn12. The summed E-state index contributed by atoms with van der Waals surface area (Å²) in [5.41, 5.74) is 4.99. The maximum absolute atomic E-state index is 13.3. The van der Waals surface area contributed by atoms with Crippen LogP contribution in [0.2, 0.25) is 5.02 Å². The Kier molecular flexibility index (Phi) is 6.21. The predicted molar refractivity (Wildman–Crippen MR) is 138 cm³/mol. The van der Waals surface area contributed by atoms with Crippen molar-refractivity contribution in [2.45, 2.75) is 13.0 Å². The molecule has 6 nitrogen and oxygen atoms in total. The summed E-state index contributed by atoms with van der Waals surface area (Å²) in [6.07, 6.45) is 0. The highest BCUT2D eigenvalue weighted by Gasteiger charge is 2.19. The molecule has 1 amide bonds. The third-order valence-corrected chi connectivity index (χ3v) is 6.08. The first kappa shape index (κ1) is 22.6. The van der Waals surface area contributed by atoms with Gasteiger partial charge in [-0.2, -0.15) is 5.10 Å². The van der Waals surface area contributed by atoms with Gasteiger partial charge in [0.2, 0.25) is 0 Å². The third-order valence-electron chi connectivity index (χ3n) is 5.83. The van der Waals surface area contributed by atoms with Gasteiger partial charge >= 0.3 is 0 Å². The topological polar surface area (TPSA) is 68.5 Å². The van der Waals surface area contributed by atoms with E-state index < -0.39 is 0 Å². The van der Waals surface area contributed by atoms with Crippen LogP contribution in [0.15, 0.2) is 91.0 Å². The summed E-state index contributed by atoms with van der Waals surface area (Å²) < 4.78 is 7.33. The first-order valence-electron chi connectivity index (χ1n) is 11.2. The summed E-state index contributed by atoms with van der Waals surface area (Å²) in [7, 11) is 1.62. The molecule has 0 spiro atoms. The molecule has 0 aliphatic heterocycles. The Labute approximate surface area is 208 Å². The molecule has 5 rings (SSSR count). The van der Waals surface area contributed by atoms with Crippen molar-refractivity contribution in [1.29, 1.82) is 0 Å². The summed E-state index contributed by atoms with van der Waals surface area (Å²) in [5, 5.41) is 8.50. The molecule has 0 radical (unpaired) electrons. The van der Waals surface area contributed by atoms with Crippen LogP contribution in [0.4, 0.5) is 0 Å². The minimum Gasteiger partial charge on any atom is -0.496 e. The first-order valence-corrected chi connectivity index (χ1v) is 11.6. The van der Waals surface area contributed by atoms with Crippen molar-refractivity contribution in [2.75, 3.05) is 7.11 Å². The van der Waals surface area contributed by atoms with Crippen LogP contribution in [0, 0.1) is 0 Å². The van der Waals surface area contributed by atoms with Crippen molar-refractivity contribution in [1.82, 2.24) is 19.9 Å². The smallest absolute Gasteiger partial charge is 0.270 e. The lowest BCUT2D eigenvalue weighted by molar-refractivity contribution is 0.0935. The Bertz CT molecular complexity index is 1500. The molecule has 0 saturated carbocycles. The van der Waals surface area contributed by atoms with Crippen LogP contribution in [0.25, 0.3) is 28.2 Å². The average molecular weight is 483 g/mol. The molecule has 0 fully saturated rings. The molecule has 5 aromatic rings. The summed E-state index contributed by atoms with van der Waals surface area (Å²) in [4.78, 5) is 17.9. The Morgan fingerprint density at radius 3 is 2.43 bits per heavy atom. The fourth-order valence-electron chi connectivity index (χ4n) is 4.00. The van der Waals surface area contributed by atoms with Gasteiger partial charge in [-0.1, -0.05) is 66.2 Å². The minimum atomic E-state index is -0.269. The van der Waals surface area contributed by atoms with Crippen LogP contribution in [0.3, 0.4) is 0 Å². The van der Waals surface area contributed by atoms with Gasteiger partial charge in [0, 0.05) is 22.2 Å². The molecule has 1 N–H and O–H groups in total. The molecule has 2 aromatic heterocycles. The number of carbonyl (C=O) groups excluding carboxylic acids is 1. The van der Waals surface area contributed by atoms with Gasteiger partial charge in [0.1, 0.15) is 11.4 Å². The number of aromatic nitrogens is 3. The second-order valence-corrected chi connectivity index (χ2v) is 8.58. The van der Waals surface area contributed by atoms with Gasteiger partial charge in [-0.15, -0.1) is 0 Å². The monoisotopic (exact) mass is 482 g/mol. The highest BCUT2D eigenvalue weighted by molar-refractivity contribution is 6.30. The van der Waals surface area contributed by atoms with E-state index in [-0.39, 0.29) is 11.9 Å². The lowest BCUT2D eigenvalue weighted by Gasteiger charge is -2.15. The maximum Gasteiger partial charge on any atom is 0.270 e. The van der Waals surface area contributed by atoms with Gasteiger partial charge < -0.3 is 10.1 Å². The van der Waals surface area contributed by atoms with E-state index in [0.29, 0.717) is 27.8 Å². The van der Waals surface area contributed by atoms with E-state index >= 15 is 0 Å². The first-order chi connectivity index (χ1) is 17.0. The number of hydrogen-bond donors (Lipinski definition) is 1. The molecule has 35 heavy (non-hydrogen) atoms. The van der Waals surface area contributed by atoms with Crippen molar-refractivity contribution < 1.29 is 9.53 Å². The lowest BCUT2D eigenvalue weighted by atomic mass is 10.1. The van der Waals surface area contributed by atoms with Crippen molar-refractivity contribution in [2.24, 2.45) is 0 Å². The number of nitrogens with zero attached hydrogens (tertiary/aromatic N) is 3. The normalized spacial score (nSPS) is 11.9. The highest BCUT2D eigenvalue weighted by atomic mass is 35.5. The molecule has 3 aromatic carbocycles. The summed E-state index contributed by atoms with van der Waals surface area (Å²) in [5.74, 6) is 0.404. The number of ether oxygens (including phenoxy) is 1. The molecule has 174 valence electrons. The van der Waals surface area contributed by atoms with Gasteiger partial charge in [0.15, 0.2) is 5.65 Å². The second-order valence-electron chi connectivity index (χ2n) is 8.14. The largest absolute Gasteiger partial charge is 0.496 e. The molecule has 7 heteroatoms. The zero-order chi connectivity index (χ0) is 24.4. The van der Waals surface area contributed by atoms with Gasteiger partial charge in [0.25, 0.3) is 5.91 Å². The summed E-state index contributed by atoms with van der Waals surface area (Å²) in [6.45, 7) is 1.95. The molecular formula is C28H23ClN4O2. The van der Waals surface area contributed by atoms with Crippen molar-refractivity contribution in [3.8, 4) is 28.3 Å². The standard InChI is InChI=1S/C28H23ClN4O2/c1-18(19-8-4-3-5-9-19)30-28(34)24-16-25(22-10-6-7-11-26(22)35-2)33-27(31-24)17-23(32-33)20-12-14-21(29)15-13-20/h3-18H,1-2H3,(H,30,34)/t18-/m0/s1. The minimum absolute atomic E-state index is 0.175. The second kappa shape index (κ2) is 9.60. The van der Waals surface area contributed by atoms with E-state index in [9.17, 15) is 4.79 Å². The van der Waals surface area contributed by atoms with Crippen LogP contribution in [0.5, 0.6) is 5.75 Å². The Hall–Kier alpha value is -4.16. The quantitative estimate of drug-likeness (QED) is 0.312. The van der Waals surface area contributed by atoms with E-state index in [0.717, 1.165) is 22.4 Å². The van der Waals surface area contributed by atoms with Gasteiger partial charge in [-0.05, 0) is 42.8 Å². The number of halogens is 1. The number of benzene rings is 3. The third kappa shape index (κ3) is 4.61. The van der Waals surface area contributed by atoms with E-state index in [4.69, 9.17) is 21.4 Å².